The Morgan fingerprint density at radius 2 is 1.83 bits per heavy atom. The Hall–Kier alpha value is -2.52. The fraction of sp³-hybridized carbons (Fsp3) is 0.150. The Labute approximate surface area is 145 Å². The number of halogens is 1. The number of ether oxygens (including phenoxy) is 1. The molecule has 0 amide bonds. The SMILES string of the molecule is CCc1nccc2c1[nH]c1c(-c3ccc(OC)cc3)cc(Cl)cc12. The van der Waals surface area contributed by atoms with Gasteiger partial charge in [0.25, 0.3) is 0 Å². The molecule has 0 atom stereocenters. The van der Waals surface area contributed by atoms with Gasteiger partial charge in [0.05, 0.1) is 23.8 Å². The van der Waals surface area contributed by atoms with Crippen molar-refractivity contribution in [2.45, 2.75) is 13.3 Å². The van der Waals surface area contributed by atoms with E-state index in [1.807, 2.05) is 36.5 Å². The maximum Gasteiger partial charge on any atom is 0.118 e. The van der Waals surface area contributed by atoms with Crippen LogP contribution in [0.2, 0.25) is 5.02 Å². The van der Waals surface area contributed by atoms with Gasteiger partial charge >= 0.3 is 0 Å². The molecule has 2 heterocycles. The summed E-state index contributed by atoms with van der Waals surface area (Å²) < 4.78 is 5.25. The molecule has 0 radical (unpaired) electrons. The van der Waals surface area contributed by atoms with Crippen LogP contribution in [0, 0.1) is 0 Å². The van der Waals surface area contributed by atoms with Crippen LogP contribution in [0.25, 0.3) is 32.9 Å². The van der Waals surface area contributed by atoms with Gasteiger partial charge in [0, 0.05) is 27.6 Å². The second-order valence-corrected chi connectivity index (χ2v) is 6.20. The zero-order valence-corrected chi connectivity index (χ0v) is 14.3. The number of H-pyrrole nitrogens is 1. The third kappa shape index (κ3) is 2.33. The summed E-state index contributed by atoms with van der Waals surface area (Å²) in [5.74, 6) is 0.839. The number of hydrogen-bond donors (Lipinski definition) is 1. The fourth-order valence-electron chi connectivity index (χ4n) is 3.21. The Bertz CT molecular complexity index is 1040. The lowest BCUT2D eigenvalue weighted by Crippen LogP contribution is -1.87. The molecule has 0 saturated carbocycles. The summed E-state index contributed by atoms with van der Waals surface area (Å²) >= 11 is 6.41. The topological polar surface area (TPSA) is 37.9 Å². The molecule has 1 N–H and O–H groups in total. The number of rotatable bonds is 3. The minimum absolute atomic E-state index is 0.726. The van der Waals surface area contributed by atoms with E-state index >= 15 is 0 Å². The first kappa shape index (κ1) is 15.0. The molecule has 4 aromatic rings. The predicted octanol–water partition coefficient (Wildman–Crippen LogP) is 5.61. The van der Waals surface area contributed by atoms with Crippen LogP contribution in [0.1, 0.15) is 12.6 Å². The highest BCUT2D eigenvalue weighted by Crippen LogP contribution is 2.36. The van der Waals surface area contributed by atoms with E-state index in [-0.39, 0.29) is 0 Å². The maximum absolute atomic E-state index is 6.41. The van der Waals surface area contributed by atoms with Crippen molar-refractivity contribution >= 4 is 33.4 Å². The number of aryl methyl sites for hydroxylation is 1. The van der Waals surface area contributed by atoms with Crippen molar-refractivity contribution in [1.82, 2.24) is 9.97 Å². The summed E-state index contributed by atoms with van der Waals surface area (Å²) in [6.45, 7) is 2.12. The van der Waals surface area contributed by atoms with E-state index in [9.17, 15) is 0 Å². The van der Waals surface area contributed by atoms with E-state index in [1.54, 1.807) is 7.11 Å². The average Bonchev–Trinajstić information content (AvgIpc) is 2.99. The second kappa shape index (κ2) is 5.84. The molecule has 4 rings (SSSR count). The summed E-state index contributed by atoms with van der Waals surface area (Å²) in [4.78, 5) is 8.06. The molecule has 3 nitrogen and oxygen atoms in total. The molecule has 0 aliphatic carbocycles. The number of aromatic nitrogens is 2. The standard InChI is InChI=1S/C20H17ClN2O/c1-3-18-20-15(8-9-22-18)17-11-13(21)10-16(19(17)23-20)12-4-6-14(24-2)7-5-12/h4-11,23H,3H2,1-2H3. The van der Waals surface area contributed by atoms with Gasteiger partial charge in [0.1, 0.15) is 5.75 Å². The highest BCUT2D eigenvalue weighted by atomic mass is 35.5. The van der Waals surface area contributed by atoms with Crippen LogP contribution in [0.5, 0.6) is 5.75 Å². The molecule has 0 aliphatic heterocycles. The Balaban J connectivity index is 2.04. The number of hydrogen-bond acceptors (Lipinski definition) is 2. The van der Waals surface area contributed by atoms with Crippen molar-refractivity contribution in [3.05, 3.63) is 59.4 Å². The van der Waals surface area contributed by atoms with Crippen LogP contribution in [0.15, 0.2) is 48.7 Å². The summed E-state index contributed by atoms with van der Waals surface area (Å²) in [7, 11) is 1.67. The summed E-state index contributed by atoms with van der Waals surface area (Å²) in [6.07, 6.45) is 2.75. The molecule has 0 spiro atoms. The van der Waals surface area contributed by atoms with Crippen LogP contribution in [0.4, 0.5) is 0 Å². The Morgan fingerprint density at radius 1 is 1.04 bits per heavy atom. The Kier molecular flexibility index (Phi) is 3.66. The van der Waals surface area contributed by atoms with E-state index in [4.69, 9.17) is 16.3 Å². The number of benzene rings is 2. The Morgan fingerprint density at radius 3 is 2.54 bits per heavy atom. The lowest BCUT2D eigenvalue weighted by Gasteiger charge is -2.06. The van der Waals surface area contributed by atoms with Crippen molar-refractivity contribution in [3.63, 3.8) is 0 Å². The highest BCUT2D eigenvalue weighted by molar-refractivity contribution is 6.32. The summed E-state index contributed by atoms with van der Waals surface area (Å²) in [5.41, 5.74) is 5.43. The molecule has 0 saturated heterocycles. The van der Waals surface area contributed by atoms with Gasteiger partial charge in [0.15, 0.2) is 0 Å². The highest BCUT2D eigenvalue weighted by Gasteiger charge is 2.13. The number of pyridine rings is 1. The van der Waals surface area contributed by atoms with E-state index in [1.165, 1.54) is 0 Å². The van der Waals surface area contributed by atoms with E-state index in [2.05, 4.69) is 29.0 Å². The second-order valence-electron chi connectivity index (χ2n) is 5.76. The normalized spacial score (nSPS) is 11.3. The number of nitrogens with zero attached hydrogens (tertiary/aromatic N) is 1. The largest absolute Gasteiger partial charge is 0.497 e. The summed E-state index contributed by atoms with van der Waals surface area (Å²) in [5, 5.41) is 3.01. The van der Waals surface area contributed by atoms with Crippen molar-refractivity contribution in [3.8, 4) is 16.9 Å². The smallest absolute Gasteiger partial charge is 0.118 e. The quantitative estimate of drug-likeness (QED) is 0.528. The fourth-order valence-corrected chi connectivity index (χ4v) is 3.43. The van der Waals surface area contributed by atoms with Gasteiger partial charge in [-0.05, 0) is 42.3 Å². The van der Waals surface area contributed by atoms with Crippen molar-refractivity contribution in [2.24, 2.45) is 0 Å². The molecule has 0 fully saturated rings. The predicted molar refractivity (Wildman–Crippen MR) is 100.0 cm³/mol. The van der Waals surface area contributed by atoms with Gasteiger partial charge in [-0.1, -0.05) is 30.7 Å². The van der Waals surface area contributed by atoms with Crippen molar-refractivity contribution < 1.29 is 4.74 Å². The van der Waals surface area contributed by atoms with Crippen LogP contribution >= 0.6 is 11.6 Å². The van der Waals surface area contributed by atoms with Gasteiger partial charge in [-0.25, -0.2) is 0 Å². The van der Waals surface area contributed by atoms with Crippen LogP contribution in [-0.2, 0) is 6.42 Å². The van der Waals surface area contributed by atoms with Crippen molar-refractivity contribution in [2.75, 3.05) is 7.11 Å². The third-order valence-electron chi connectivity index (χ3n) is 4.41. The third-order valence-corrected chi connectivity index (χ3v) is 4.63. The first-order chi connectivity index (χ1) is 11.7. The van der Waals surface area contributed by atoms with Gasteiger partial charge < -0.3 is 9.72 Å². The van der Waals surface area contributed by atoms with Crippen LogP contribution < -0.4 is 4.74 Å². The maximum atomic E-state index is 6.41. The van der Waals surface area contributed by atoms with Gasteiger partial charge in [-0.2, -0.15) is 0 Å². The van der Waals surface area contributed by atoms with Crippen LogP contribution in [-0.4, -0.2) is 17.1 Å². The molecule has 0 aliphatic rings. The lowest BCUT2D eigenvalue weighted by molar-refractivity contribution is 0.415. The van der Waals surface area contributed by atoms with Gasteiger partial charge in [-0.15, -0.1) is 0 Å². The molecule has 2 aromatic carbocycles. The van der Waals surface area contributed by atoms with Gasteiger partial charge in [0.2, 0.25) is 0 Å². The van der Waals surface area contributed by atoms with Crippen LogP contribution in [0.3, 0.4) is 0 Å². The summed E-state index contributed by atoms with van der Waals surface area (Å²) in [6, 6.07) is 14.1. The number of fused-ring (bicyclic) bond motifs is 3. The number of methoxy groups -OCH3 is 1. The number of nitrogens with one attached hydrogen (secondary N) is 1. The molecule has 0 unspecified atom stereocenters. The zero-order chi connectivity index (χ0) is 16.7. The molecule has 24 heavy (non-hydrogen) atoms. The molecule has 2 aromatic heterocycles. The average molecular weight is 337 g/mol. The first-order valence-corrected chi connectivity index (χ1v) is 8.32. The monoisotopic (exact) mass is 336 g/mol. The van der Waals surface area contributed by atoms with E-state index in [0.29, 0.717) is 0 Å². The molecular formula is C20H17ClN2O. The molecule has 0 bridgehead atoms. The minimum Gasteiger partial charge on any atom is -0.497 e. The minimum atomic E-state index is 0.726. The number of aromatic amines is 1. The first-order valence-electron chi connectivity index (χ1n) is 7.94. The van der Waals surface area contributed by atoms with E-state index < -0.39 is 0 Å². The van der Waals surface area contributed by atoms with Gasteiger partial charge in [-0.3, -0.25) is 4.98 Å². The molecular weight excluding hydrogens is 320 g/mol. The molecule has 120 valence electrons. The molecule has 4 heteroatoms. The van der Waals surface area contributed by atoms with Crippen molar-refractivity contribution in [1.29, 1.82) is 0 Å². The zero-order valence-electron chi connectivity index (χ0n) is 13.6. The lowest BCUT2D eigenvalue weighted by atomic mass is 10.0. The van der Waals surface area contributed by atoms with E-state index in [0.717, 1.165) is 55.8 Å².